The van der Waals surface area contributed by atoms with E-state index in [0.29, 0.717) is 13.1 Å². The molecule has 0 radical (unpaired) electrons. The summed E-state index contributed by atoms with van der Waals surface area (Å²) in [6.45, 7) is 4.62. The van der Waals surface area contributed by atoms with Crippen LogP contribution in [-0.2, 0) is 15.7 Å². The van der Waals surface area contributed by atoms with Gasteiger partial charge in [0.2, 0.25) is 0 Å². The van der Waals surface area contributed by atoms with Crippen molar-refractivity contribution < 1.29 is 27.8 Å². The molecule has 0 spiro atoms. The second-order valence-electron chi connectivity index (χ2n) is 5.07. The molecule has 0 amide bonds. The third-order valence-corrected chi connectivity index (χ3v) is 3.70. The lowest BCUT2D eigenvalue weighted by molar-refractivity contribution is -0.151. The van der Waals surface area contributed by atoms with Crippen LogP contribution < -0.4 is 5.01 Å². The molecule has 9 heteroatoms. The van der Waals surface area contributed by atoms with Crippen LogP contribution in [-0.4, -0.2) is 41.2 Å². The van der Waals surface area contributed by atoms with Gasteiger partial charge in [0.05, 0.1) is 18.2 Å². The van der Waals surface area contributed by atoms with Crippen LogP contribution in [0.1, 0.15) is 31.2 Å². The molecular formula is C15H18F3N3O3. The van der Waals surface area contributed by atoms with Crippen molar-refractivity contribution in [3.05, 3.63) is 29.5 Å². The van der Waals surface area contributed by atoms with Gasteiger partial charge in [-0.2, -0.15) is 23.1 Å². The van der Waals surface area contributed by atoms with Crippen molar-refractivity contribution in [2.24, 2.45) is 0 Å². The van der Waals surface area contributed by atoms with Crippen molar-refractivity contribution in [2.45, 2.75) is 26.1 Å². The Morgan fingerprint density at radius 3 is 2.50 bits per heavy atom. The number of hydrogen-bond acceptors (Lipinski definition) is 5. The molecule has 1 heterocycles. The second-order valence-corrected chi connectivity index (χ2v) is 5.07. The fourth-order valence-electron chi connectivity index (χ4n) is 2.46. The normalized spacial score (nSPS) is 13.1. The first-order chi connectivity index (χ1) is 11.2. The lowest BCUT2D eigenvalue weighted by atomic mass is 10.1. The average molecular weight is 345 g/mol. The topological polar surface area (TPSA) is 67.6 Å². The second kappa shape index (κ2) is 6.68. The maximum Gasteiger partial charge on any atom is 0.416 e. The number of rotatable bonds is 5. The van der Waals surface area contributed by atoms with Crippen LogP contribution in [0.5, 0.6) is 0 Å². The third kappa shape index (κ3) is 3.16. The Balaban J connectivity index is 2.74. The molecule has 0 saturated heterocycles. The highest BCUT2D eigenvalue weighted by Crippen LogP contribution is 2.34. The van der Waals surface area contributed by atoms with E-state index in [1.54, 1.807) is 5.01 Å². The molecule has 0 aliphatic carbocycles. The summed E-state index contributed by atoms with van der Waals surface area (Å²) >= 11 is 0. The van der Waals surface area contributed by atoms with Crippen LogP contribution in [0.25, 0.3) is 10.9 Å². The van der Waals surface area contributed by atoms with Crippen LogP contribution in [0.3, 0.4) is 0 Å². The van der Waals surface area contributed by atoms with E-state index in [-0.39, 0.29) is 16.6 Å². The molecule has 1 aromatic carbocycles. The molecule has 24 heavy (non-hydrogen) atoms. The van der Waals surface area contributed by atoms with Gasteiger partial charge in [0.25, 0.3) is 0 Å². The predicted octanol–water partition coefficient (Wildman–Crippen LogP) is 2.24. The zero-order valence-corrected chi connectivity index (χ0v) is 13.5. The zero-order chi connectivity index (χ0) is 18.1. The number of hydrogen-bond donors (Lipinski definition) is 1. The SMILES string of the molecule is CCN(CC)n1nc2ccc(C(F)(F)F)cc2c1C(O)C(=O)OC. The molecule has 0 fully saturated rings. The number of carbonyl (C=O) groups is 1. The minimum Gasteiger partial charge on any atom is -0.467 e. The van der Waals surface area contributed by atoms with E-state index in [4.69, 9.17) is 0 Å². The molecule has 1 unspecified atom stereocenters. The molecule has 0 aliphatic heterocycles. The fraction of sp³-hybridized carbons (Fsp3) is 0.467. The minimum absolute atomic E-state index is 0.0494. The Bertz CT molecular complexity index is 739. The minimum atomic E-state index is -4.54. The molecular weight excluding hydrogens is 327 g/mol. The first-order valence-electron chi connectivity index (χ1n) is 7.35. The molecule has 0 bridgehead atoms. The Hall–Kier alpha value is -2.29. The monoisotopic (exact) mass is 345 g/mol. The third-order valence-electron chi connectivity index (χ3n) is 3.70. The molecule has 1 atom stereocenters. The van der Waals surface area contributed by atoms with Gasteiger partial charge in [-0.15, -0.1) is 0 Å². The summed E-state index contributed by atoms with van der Waals surface area (Å²) in [5.41, 5.74) is -0.688. The van der Waals surface area contributed by atoms with Crippen LogP contribution in [0.2, 0.25) is 0 Å². The van der Waals surface area contributed by atoms with Gasteiger partial charge in [-0.3, -0.25) is 5.01 Å². The Morgan fingerprint density at radius 2 is 2.00 bits per heavy atom. The number of halogens is 3. The van der Waals surface area contributed by atoms with Gasteiger partial charge < -0.3 is 9.84 Å². The standard InChI is InChI=1S/C15H18F3N3O3/c1-4-20(5-2)21-12(13(22)14(23)24-3)10-8-9(15(16,17)18)6-7-11(10)19-21/h6-8,13,22H,4-5H2,1-3H3. The lowest BCUT2D eigenvalue weighted by Gasteiger charge is -2.24. The van der Waals surface area contributed by atoms with Crippen molar-refractivity contribution >= 4 is 16.9 Å². The summed E-state index contributed by atoms with van der Waals surface area (Å²) in [6.07, 6.45) is -6.29. The molecule has 132 valence electrons. The van der Waals surface area contributed by atoms with Gasteiger partial charge in [0.15, 0.2) is 6.10 Å². The van der Waals surface area contributed by atoms with Gasteiger partial charge in [0.1, 0.15) is 5.69 Å². The summed E-state index contributed by atoms with van der Waals surface area (Å²) in [6, 6.07) is 3.01. The molecule has 1 aromatic heterocycles. The summed E-state index contributed by atoms with van der Waals surface area (Å²) in [5, 5.41) is 16.2. The van der Waals surface area contributed by atoms with E-state index in [1.165, 1.54) is 10.9 Å². The molecule has 2 rings (SSSR count). The van der Waals surface area contributed by atoms with Crippen molar-refractivity contribution in [1.29, 1.82) is 0 Å². The number of methoxy groups -OCH3 is 1. The van der Waals surface area contributed by atoms with Crippen molar-refractivity contribution in [1.82, 2.24) is 9.89 Å². The van der Waals surface area contributed by atoms with Gasteiger partial charge >= 0.3 is 12.1 Å². The highest BCUT2D eigenvalue weighted by Gasteiger charge is 2.33. The van der Waals surface area contributed by atoms with Crippen LogP contribution in [0, 0.1) is 0 Å². The molecule has 0 saturated carbocycles. The highest BCUT2D eigenvalue weighted by atomic mass is 19.4. The van der Waals surface area contributed by atoms with E-state index < -0.39 is 23.8 Å². The largest absolute Gasteiger partial charge is 0.467 e. The zero-order valence-electron chi connectivity index (χ0n) is 13.5. The van der Waals surface area contributed by atoms with Gasteiger partial charge in [-0.1, -0.05) is 0 Å². The van der Waals surface area contributed by atoms with Crippen LogP contribution in [0.4, 0.5) is 13.2 Å². The van der Waals surface area contributed by atoms with Crippen LogP contribution >= 0.6 is 0 Å². The number of carbonyl (C=O) groups excluding carboxylic acids is 1. The Morgan fingerprint density at radius 1 is 1.38 bits per heavy atom. The molecule has 1 N–H and O–H groups in total. The summed E-state index contributed by atoms with van der Waals surface area (Å²) in [5.74, 6) is -0.970. The first kappa shape index (κ1) is 18.1. The summed E-state index contributed by atoms with van der Waals surface area (Å²) in [7, 11) is 1.09. The predicted molar refractivity (Wildman–Crippen MR) is 81.0 cm³/mol. The average Bonchev–Trinajstić information content (AvgIpc) is 2.92. The van der Waals surface area contributed by atoms with E-state index in [0.717, 1.165) is 19.2 Å². The van der Waals surface area contributed by atoms with Gasteiger partial charge in [-0.05, 0) is 32.0 Å². The van der Waals surface area contributed by atoms with E-state index >= 15 is 0 Å². The van der Waals surface area contributed by atoms with E-state index in [9.17, 15) is 23.1 Å². The summed E-state index contributed by atoms with van der Waals surface area (Å²) < 4.78 is 43.5. The number of aliphatic hydroxyl groups is 1. The maximum atomic E-state index is 13.0. The number of fused-ring (bicyclic) bond motifs is 1. The quantitative estimate of drug-likeness (QED) is 0.842. The lowest BCUT2D eigenvalue weighted by Crippen LogP contribution is -2.37. The van der Waals surface area contributed by atoms with Crippen LogP contribution in [0.15, 0.2) is 18.2 Å². The number of ether oxygens (including phenoxy) is 1. The smallest absolute Gasteiger partial charge is 0.416 e. The molecule has 6 nitrogen and oxygen atoms in total. The molecule has 2 aromatic rings. The van der Waals surface area contributed by atoms with Gasteiger partial charge in [-0.25, -0.2) is 4.79 Å². The number of aromatic nitrogens is 2. The van der Waals surface area contributed by atoms with Crippen molar-refractivity contribution in [3.8, 4) is 0 Å². The summed E-state index contributed by atoms with van der Waals surface area (Å²) in [4.78, 5) is 13.0. The Labute approximate surface area is 136 Å². The van der Waals surface area contributed by atoms with Crippen molar-refractivity contribution in [3.63, 3.8) is 0 Å². The Kier molecular flexibility index (Phi) is 5.02. The number of benzene rings is 1. The number of esters is 1. The highest BCUT2D eigenvalue weighted by molar-refractivity contribution is 5.88. The number of nitrogens with zero attached hydrogens (tertiary/aromatic N) is 3. The van der Waals surface area contributed by atoms with Crippen molar-refractivity contribution in [2.75, 3.05) is 25.2 Å². The van der Waals surface area contributed by atoms with E-state index in [2.05, 4.69) is 9.84 Å². The number of alkyl halides is 3. The first-order valence-corrected chi connectivity index (χ1v) is 7.35. The van der Waals surface area contributed by atoms with Gasteiger partial charge in [0, 0.05) is 18.5 Å². The van der Waals surface area contributed by atoms with E-state index in [1.807, 2.05) is 13.8 Å². The maximum absolute atomic E-state index is 13.0. The number of aliphatic hydroxyl groups excluding tert-OH is 1. The fourth-order valence-corrected chi connectivity index (χ4v) is 2.46. The molecule has 0 aliphatic rings.